The van der Waals surface area contributed by atoms with Crippen LogP contribution in [-0.2, 0) is 6.54 Å². The number of hydrogen-bond donors (Lipinski definition) is 3. The van der Waals surface area contributed by atoms with E-state index in [1.54, 1.807) is 30.3 Å². The van der Waals surface area contributed by atoms with E-state index in [9.17, 15) is 18.0 Å². The topological polar surface area (TPSA) is 53.2 Å². The summed E-state index contributed by atoms with van der Waals surface area (Å²) in [7, 11) is 0. The molecule has 0 heterocycles. The summed E-state index contributed by atoms with van der Waals surface area (Å²) in [5, 5.41) is 8.65. The summed E-state index contributed by atoms with van der Waals surface area (Å²) < 4.78 is 40.0. The van der Waals surface area contributed by atoms with E-state index >= 15 is 0 Å². The summed E-state index contributed by atoms with van der Waals surface area (Å²) in [5.74, 6) is -2.47. The highest BCUT2D eigenvalue weighted by molar-refractivity contribution is 7.80. The first kappa shape index (κ1) is 20.3. The third kappa shape index (κ3) is 5.79. The average molecular weight is 415 g/mol. The summed E-state index contributed by atoms with van der Waals surface area (Å²) in [4.78, 5) is 12.1. The predicted octanol–water partition coefficient (Wildman–Crippen LogP) is 4.84. The van der Waals surface area contributed by atoms with Crippen LogP contribution in [0.1, 0.15) is 15.9 Å². The van der Waals surface area contributed by atoms with E-state index in [-0.39, 0.29) is 17.2 Å². The second kappa shape index (κ2) is 9.20. The van der Waals surface area contributed by atoms with Gasteiger partial charge in [0.15, 0.2) is 5.11 Å². The van der Waals surface area contributed by atoms with Gasteiger partial charge >= 0.3 is 0 Å². The van der Waals surface area contributed by atoms with Crippen molar-refractivity contribution in [1.82, 2.24) is 5.32 Å². The molecule has 3 rings (SSSR count). The molecule has 3 aromatic carbocycles. The van der Waals surface area contributed by atoms with E-state index in [0.29, 0.717) is 16.9 Å². The predicted molar refractivity (Wildman–Crippen MR) is 110 cm³/mol. The van der Waals surface area contributed by atoms with Crippen LogP contribution in [0.15, 0.2) is 66.7 Å². The lowest BCUT2D eigenvalue weighted by atomic mass is 10.2. The highest BCUT2D eigenvalue weighted by atomic mass is 32.1. The molecule has 8 heteroatoms. The molecule has 3 N–H and O–H groups in total. The van der Waals surface area contributed by atoms with Crippen molar-refractivity contribution in [1.29, 1.82) is 0 Å². The van der Waals surface area contributed by atoms with Gasteiger partial charge in [0.25, 0.3) is 5.91 Å². The summed E-state index contributed by atoms with van der Waals surface area (Å²) in [6, 6.07) is 15.5. The molecular weight excluding hydrogens is 399 g/mol. The zero-order chi connectivity index (χ0) is 20.8. The van der Waals surface area contributed by atoms with Crippen molar-refractivity contribution in [2.45, 2.75) is 6.54 Å². The monoisotopic (exact) mass is 415 g/mol. The van der Waals surface area contributed by atoms with Crippen molar-refractivity contribution >= 4 is 34.6 Å². The van der Waals surface area contributed by atoms with Gasteiger partial charge in [0, 0.05) is 24.0 Å². The van der Waals surface area contributed by atoms with Crippen LogP contribution in [0, 0.1) is 17.5 Å². The van der Waals surface area contributed by atoms with E-state index in [1.807, 2.05) is 0 Å². The van der Waals surface area contributed by atoms with Crippen molar-refractivity contribution < 1.29 is 18.0 Å². The van der Waals surface area contributed by atoms with Gasteiger partial charge in [-0.25, -0.2) is 13.2 Å². The molecule has 0 aliphatic carbocycles. The first-order chi connectivity index (χ1) is 13.9. The zero-order valence-electron chi connectivity index (χ0n) is 15.0. The molecular formula is C21H16F3N3OS. The molecule has 3 aromatic rings. The molecule has 0 spiro atoms. The van der Waals surface area contributed by atoms with Crippen LogP contribution in [0.2, 0.25) is 0 Å². The molecule has 148 valence electrons. The highest BCUT2D eigenvalue weighted by Crippen LogP contribution is 2.16. The largest absolute Gasteiger partial charge is 0.358 e. The standard InChI is InChI=1S/C21H16F3N3OS/c22-14-9-13(10-15(23)11-14)12-25-21(29)27-17-7-5-16(6-8-17)26-20(28)18-3-1-2-4-19(18)24/h1-11H,12H2,(H,26,28)(H2,25,27,29). The maximum atomic E-state index is 13.7. The number of halogens is 3. The minimum absolute atomic E-state index is 0.0473. The van der Waals surface area contributed by atoms with Gasteiger partial charge in [0.2, 0.25) is 0 Å². The third-order valence-electron chi connectivity index (χ3n) is 3.89. The molecule has 0 fully saturated rings. The highest BCUT2D eigenvalue weighted by Gasteiger charge is 2.11. The van der Waals surface area contributed by atoms with E-state index in [0.717, 1.165) is 6.07 Å². The summed E-state index contributed by atoms with van der Waals surface area (Å²) in [6.45, 7) is 0.150. The molecule has 0 unspecified atom stereocenters. The first-order valence-electron chi connectivity index (χ1n) is 8.56. The minimum Gasteiger partial charge on any atom is -0.358 e. The van der Waals surface area contributed by atoms with Gasteiger partial charge in [-0.05, 0) is 66.3 Å². The van der Waals surface area contributed by atoms with Crippen LogP contribution in [0.5, 0.6) is 0 Å². The molecule has 1 amide bonds. The SMILES string of the molecule is O=C(Nc1ccc(NC(=S)NCc2cc(F)cc(F)c2)cc1)c1ccccc1F. The lowest BCUT2D eigenvalue weighted by Gasteiger charge is -2.12. The molecule has 0 atom stereocenters. The number of carbonyl (C=O) groups is 1. The Balaban J connectivity index is 1.54. The van der Waals surface area contributed by atoms with Gasteiger partial charge in [-0.1, -0.05) is 12.1 Å². The maximum absolute atomic E-state index is 13.7. The normalized spacial score (nSPS) is 10.3. The number of carbonyl (C=O) groups excluding carboxylic acids is 1. The third-order valence-corrected chi connectivity index (χ3v) is 4.14. The van der Waals surface area contributed by atoms with Crippen molar-refractivity contribution in [3.8, 4) is 0 Å². The Labute approximate surface area is 170 Å². The van der Waals surface area contributed by atoms with Gasteiger partial charge in [0.05, 0.1) is 5.56 Å². The first-order valence-corrected chi connectivity index (χ1v) is 8.97. The molecule has 4 nitrogen and oxygen atoms in total. The second-order valence-electron chi connectivity index (χ2n) is 6.10. The van der Waals surface area contributed by atoms with Gasteiger partial charge in [0.1, 0.15) is 17.5 Å². The van der Waals surface area contributed by atoms with Crippen LogP contribution < -0.4 is 16.0 Å². The van der Waals surface area contributed by atoms with Crippen LogP contribution in [0.3, 0.4) is 0 Å². The van der Waals surface area contributed by atoms with E-state index < -0.39 is 23.4 Å². The van der Waals surface area contributed by atoms with Crippen LogP contribution in [0.25, 0.3) is 0 Å². The lowest BCUT2D eigenvalue weighted by molar-refractivity contribution is 0.102. The fourth-order valence-corrected chi connectivity index (χ4v) is 2.74. The quantitative estimate of drug-likeness (QED) is 0.522. The number of rotatable bonds is 5. The number of nitrogens with one attached hydrogen (secondary N) is 3. The summed E-state index contributed by atoms with van der Waals surface area (Å²) in [5.41, 5.74) is 1.49. The Morgan fingerprint density at radius 3 is 2.03 bits per heavy atom. The van der Waals surface area contributed by atoms with E-state index in [2.05, 4.69) is 16.0 Å². The molecule has 29 heavy (non-hydrogen) atoms. The zero-order valence-corrected chi connectivity index (χ0v) is 15.8. The number of benzene rings is 3. The van der Waals surface area contributed by atoms with E-state index in [4.69, 9.17) is 12.2 Å². The maximum Gasteiger partial charge on any atom is 0.258 e. The number of thiocarbonyl (C=S) groups is 1. The fraction of sp³-hybridized carbons (Fsp3) is 0.0476. The van der Waals surface area contributed by atoms with E-state index in [1.165, 1.54) is 30.3 Å². The van der Waals surface area contributed by atoms with Gasteiger partial charge < -0.3 is 16.0 Å². The number of anilines is 2. The Hall–Kier alpha value is -3.39. The molecule has 0 aliphatic rings. The lowest BCUT2D eigenvalue weighted by Crippen LogP contribution is -2.28. The molecule has 0 radical (unpaired) electrons. The Bertz CT molecular complexity index is 1020. The van der Waals surface area contributed by atoms with Crippen molar-refractivity contribution in [2.24, 2.45) is 0 Å². The number of amides is 1. The van der Waals surface area contributed by atoms with Crippen LogP contribution >= 0.6 is 12.2 Å². The van der Waals surface area contributed by atoms with Gasteiger partial charge in [-0.3, -0.25) is 4.79 Å². The van der Waals surface area contributed by atoms with Crippen molar-refractivity contribution in [3.05, 3.63) is 95.3 Å². The number of hydrogen-bond acceptors (Lipinski definition) is 2. The van der Waals surface area contributed by atoms with Crippen molar-refractivity contribution in [3.63, 3.8) is 0 Å². The minimum atomic E-state index is -0.659. The Morgan fingerprint density at radius 2 is 1.41 bits per heavy atom. The molecule has 0 bridgehead atoms. The molecule has 0 aliphatic heterocycles. The summed E-state index contributed by atoms with van der Waals surface area (Å²) >= 11 is 5.16. The van der Waals surface area contributed by atoms with Gasteiger partial charge in [-0.2, -0.15) is 0 Å². The van der Waals surface area contributed by atoms with Gasteiger partial charge in [-0.15, -0.1) is 0 Å². The van der Waals surface area contributed by atoms with Crippen molar-refractivity contribution in [2.75, 3.05) is 10.6 Å². The van der Waals surface area contributed by atoms with Crippen LogP contribution in [0.4, 0.5) is 24.5 Å². The molecule has 0 aromatic heterocycles. The molecule has 0 saturated carbocycles. The smallest absolute Gasteiger partial charge is 0.258 e. The summed E-state index contributed by atoms with van der Waals surface area (Å²) in [6.07, 6.45) is 0. The fourth-order valence-electron chi connectivity index (χ4n) is 2.55. The second-order valence-corrected chi connectivity index (χ2v) is 6.50. The molecule has 0 saturated heterocycles. The van der Waals surface area contributed by atoms with Crippen LogP contribution in [-0.4, -0.2) is 11.0 Å². The Morgan fingerprint density at radius 1 is 0.828 bits per heavy atom. The Kier molecular flexibility index (Phi) is 6.46. The average Bonchev–Trinajstić information content (AvgIpc) is 2.67.